The van der Waals surface area contributed by atoms with Crippen LogP contribution < -0.4 is 9.47 Å². The zero-order chi connectivity index (χ0) is 28.3. The number of rotatable bonds is 12. The molecule has 1 saturated carbocycles. The Kier molecular flexibility index (Phi) is 9.03. The van der Waals surface area contributed by atoms with Crippen LogP contribution in [0, 0.1) is 27.7 Å². The van der Waals surface area contributed by atoms with Gasteiger partial charge in [0.2, 0.25) is 15.9 Å². The zero-order valence-corrected chi connectivity index (χ0v) is 25.2. The summed E-state index contributed by atoms with van der Waals surface area (Å²) in [5.74, 6) is 1.09. The fourth-order valence-corrected chi connectivity index (χ4v) is 8.00. The molecule has 0 aliphatic heterocycles. The van der Waals surface area contributed by atoms with Crippen molar-refractivity contribution in [3.63, 3.8) is 0 Å². The number of methoxy groups -OCH3 is 2. The Morgan fingerprint density at radius 2 is 1.62 bits per heavy atom. The highest BCUT2D eigenvalue weighted by molar-refractivity contribution is 7.89. The molecule has 0 spiro atoms. The van der Waals surface area contributed by atoms with Gasteiger partial charge in [-0.25, -0.2) is 8.42 Å². The van der Waals surface area contributed by atoms with E-state index in [1.165, 1.54) is 9.18 Å². The lowest BCUT2D eigenvalue weighted by molar-refractivity contribution is -0.132. The van der Waals surface area contributed by atoms with E-state index in [2.05, 4.69) is 0 Å². The van der Waals surface area contributed by atoms with E-state index in [0.717, 1.165) is 28.8 Å². The van der Waals surface area contributed by atoms with Crippen LogP contribution in [0.5, 0.6) is 11.5 Å². The first-order valence-corrected chi connectivity index (χ1v) is 15.4. The maximum atomic E-state index is 13.9. The minimum Gasteiger partial charge on any atom is -0.493 e. The lowest BCUT2D eigenvalue weighted by Gasteiger charge is -2.28. The first kappa shape index (κ1) is 29.1. The van der Waals surface area contributed by atoms with E-state index in [0.29, 0.717) is 47.0 Å². The second-order valence-corrected chi connectivity index (χ2v) is 13.5. The highest BCUT2D eigenvalue weighted by atomic mass is 32.2. The standard InChI is InChI=1S/C30H38N2O5S2/c1-20-15-21(2)30(22(3)16-20)39(34,35)32(25-9-10-25)19-29(33)31(18-26-11-7-23(4)38-26)14-13-24-8-12-27(36-5)28(17-24)37-6/h7-8,11-12,15-17,25H,9-10,13-14,18-19H2,1-6H3. The van der Waals surface area contributed by atoms with E-state index in [1.807, 2.05) is 70.2 Å². The van der Waals surface area contributed by atoms with Gasteiger partial charge in [-0.15, -0.1) is 11.3 Å². The molecule has 0 radical (unpaired) electrons. The molecular weight excluding hydrogens is 532 g/mol. The molecule has 7 nitrogen and oxygen atoms in total. The fraction of sp³-hybridized carbons (Fsp3) is 0.433. The highest BCUT2D eigenvalue weighted by Gasteiger charge is 2.41. The van der Waals surface area contributed by atoms with Crippen LogP contribution in [0.1, 0.15) is 44.8 Å². The minimum absolute atomic E-state index is 0.143. The van der Waals surface area contributed by atoms with Gasteiger partial charge in [0.1, 0.15) is 0 Å². The first-order chi connectivity index (χ1) is 18.5. The van der Waals surface area contributed by atoms with Crippen molar-refractivity contribution in [1.82, 2.24) is 9.21 Å². The monoisotopic (exact) mass is 570 g/mol. The second-order valence-electron chi connectivity index (χ2n) is 10.3. The van der Waals surface area contributed by atoms with Gasteiger partial charge in [-0.05, 0) is 87.9 Å². The third kappa shape index (κ3) is 6.83. The molecule has 9 heteroatoms. The maximum Gasteiger partial charge on any atom is 0.244 e. The third-order valence-electron chi connectivity index (χ3n) is 7.03. The van der Waals surface area contributed by atoms with Crippen molar-refractivity contribution in [1.29, 1.82) is 0 Å². The molecule has 1 fully saturated rings. The van der Waals surface area contributed by atoms with Gasteiger partial charge in [-0.2, -0.15) is 4.31 Å². The summed E-state index contributed by atoms with van der Waals surface area (Å²) in [7, 11) is -0.643. The van der Waals surface area contributed by atoms with E-state index in [-0.39, 0.29) is 18.5 Å². The number of ether oxygens (including phenoxy) is 2. The van der Waals surface area contributed by atoms with Crippen molar-refractivity contribution in [2.45, 2.75) is 64.4 Å². The minimum atomic E-state index is -3.84. The van der Waals surface area contributed by atoms with E-state index < -0.39 is 10.0 Å². The predicted molar refractivity (Wildman–Crippen MR) is 155 cm³/mol. The molecule has 2 aromatic carbocycles. The topological polar surface area (TPSA) is 76.2 Å². The average molecular weight is 571 g/mol. The van der Waals surface area contributed by atoms with Gasteiger partial charge in [0.25, 0.3) is 0 Å². The summed E-state index contributed by atoms with van der Waals surface area (Å²) in [6, 6.07) is 13.4. The van der Waals surface area contributed by atoms with Crippen LogP contribution >= 0.6 is 11.3 Å². The van der Waals surface area contributed by atoms with E-state index >= 15 is 0 Å². The number of hydrogen-bond donors (Lipinski definition) is 0. The highest BCUT2D eigenvalue weighted by Crippen LogP contribution is 2.35. The molecule has 1 heterocycles. The number of sulfonamides is 1. The first-order valence-electron chi connectivity index (χ1n) is 13.2. The van der Waals surface area contributed by atoms with Crippen LogP contribution in [0.4, 0.5) is 0 Å². The van der Waals surface area contributed by atoms with E-state index in [4.69, 9.17) is 9.47 Å². The molecule has 0 bridgehead atoms. The zero-order valence-electron chi connectivity index (χ0n) is 23.6. The summed E-state index contributed by atoms with van der Waals surface area (Å²) >= 11 is 1.65. The van der Waals surface area contributed by atoms with Crippen LogP contribution in [0.15, 0.2) is 47.4 Å². The summed E-state index contributed by atoms with van der Waals surface area (Å²) in [6.45, 7) is 8.37. The summed E-state index contributed by atoms with van der Waals surface area (Å²) < 4.78 is 40.1. The van der Waals surface area contributed by atoms with Crippen LogP contribution in [-0.4, -0.2) is 56.9 Å². The van der Waals surface area contributed by atoms with Gasteiger partial charge in [0, 0.05) is 22.3 Å². The second kappa shape index (κ2) is 12.1. The van der Waals surface area contributed by atoms with Crippen LogP contribution in [0.2, 0.25) is 0 Å². The van der Waals surface area contributed by atoms with Gasteiger partial charge in [-0.1, -0.05) is 23.8 Å². The molecule has 0 atom stereocenters. The summed E-state index contributed by atoms with van der Waals surface area (Å²) in [5.41, 5.74) is 3.45. The third-order valence-corrected chi connectivity index (χ3v) is 10.2. The Morgan fingerprint density at radius 1 is 0.949 bits per heavy atom. The molecule has 0 unspecified atom stereocenters. The molecule has 39 heavy (non-hydrogen) atoms. The van der Waals surface area contributed by atoms with Crippen LogP contribution in [0.3, 0.4) is 0 Å². The quantitative estimate of drug-likeness (QED) is 0.291. The molecule has 0 N–H and O–H groups in total. The fourth-order valence-electron chi connectivity index (χ4n) is 5.05. The molecule has 1 aliphatic carbocycles. The number of amides is 1. The van der Waals surface area contributed by atoms with Gasteiger partial charge in [0.05, 0.1) is 32.2 Å². The summed E-state index contributed by atoms with van der Waals surface area (Å²) in [4.78, 5) is 18.2. The molecule has 210 valence electrons. The number of carbonyl (C=O) groups is 1. The number of hydrogen-bond acceptors (Lipinski definition) is 6. The molecular formula is C30H38N2O5S2. The van der Waals surface area contributed by atoms with Gasteiger partial charge >= 0.3 is 0 Å². The largest absolute Gasteiger partial charge is 0.493 e. The Hall–Kier alpha value is -2.88. The van der Waals surface area contributed by atoms with Crippen molar-refractivity contribution in [2.75, 3.05) is 27.3 Å². The lowest BCUT2D eigenvalue weighted by atomic mass is 10.1. The van der Waals surface area contributed by atoms with Crippen molar-refractivity contribution in [2.24, 2.45) is 0 Å². The molecule has 1 amide bonds. The van der Waals surface area contributed by atoms with E-state index in [9.17, 15) is 13.2 Å². The molecule has 1 aromatic heterocycles. The van der Waals surface area contributed by atoms with Crippen molar-refractivity contribution in [3.05, 3.63) is 74.5 Å². The van der Waals surface area contributed by atoms with Crippen LogP contribution in [0.25, 0.3) is 0 Å². The molecule has 3 aromatic rings. The van der Waals surface area contributed by atoms with Crippen LogP contribution in [-0.2, 0) is 27.8 Å². The number of carbonyl (C=O) groups excluding carboxylic acids is 1. The number of benzene rings is 2. The molecule has 1 aliphatic rings. The normalized spacial score (nSPS) is 13.5. The van der Waals surface area contributed by atoms with Crippen molar-refractivity contribution < 1.29 is 22.7 Å². The summed E-state index contributed by atoms with van der Waals surface area (Å²) in [6.07, 6.45) is 2.14. The maximum absolute atomic E-state index is 13.9. The predicted octanol–water partition coefficient (Wildman–Crippen LogP) is 5.42. The SMILES string of the molecule is COc1ccc(CCN(Cc2ccc(C)s2)C(=O)CN(C2CC2)S(=O)(=O)c2c(C)cc(C)cc2C)cc1OC. The van der Waals surface area contributed by atoms with Gasteiger partial charge in [0.15, 0.2) is 11.5 Å². The van der Waals surface area contributed by atoms with Gasteiger partial charge in [-0.3, -0.25) is 4.79 Å². The summed E-state index contributed by atoms with van der Waals surface area (Å²) in [5, 5.41) is 0. The Balaban J connectivity index is 1.59. The number of nitrogens with zero attached hydrogens (tertiary/aromatic N) is 2. The van der Waals surface area contributed by atoms with Crippen molar-refractivity contribution in [3.8, 4) is 11.5 Å². The average Bonchev–Trinajstić information content (AvgIpc) is 3.63. The van der Waals surface area contributed by atoms with Crippen molar-refractivity contribution >= 4 is 27.3 Å². The Bertz CT molecular complexity index is 1420. The number of aryl methyl sites for hydroxylation is 4. The smallest absolute Gasteiger partial charge is 0.244 e. The Morgan fingerprint density at radius 3 is 2.18 bits per heavy atom. The lowest BCUT2D eigenvalue weighted by Crippen LogP contribution is -2.44. The number of thiophene rings is 1. The van der Waals surface area contributed by atoms with Gasteiger partial charge < -0.3 is 14.4 Å². The molecule has 0 saturated heterocycles. The van der Waals surface area contributed by atoms with E-state index in [1.54, 1.807) is 30.5 Å². The Labute approximate surface area is 236 Å². The molecule has 4 rings (SSSR count).